The van der Waals surface area contributed by atoms with Gasteiger partial charge in [-0.25, -0.2) is 0 Å². The summed E-state index contributed by atoms with van der Waals surface area (Å²) in [4.78, 5) is 11.2. The maximum atomic E-state index is 11.2. The lowest BCUT2D eigenvalue weighted by Gasteiger charge is -2.02. The van der Waals surface area contributed by atoms with Gasteiger partial charge in [-0.05, 0) is 24.8 Å². The molecule has 0 aliphatic heterocycles. The summed E-state index contributed by atoms with van der Waals surface area (Å²) in [6, 6.07) is 7.15. The number of nitrogens with one attached hydrogen (secondary N) is 1. The normalized spacial score (nSPS) is 9.08. The van der Waals surface area contributed by atoms with Crippen LogP contribution in [0.4, 0.5) is 0 Å². The molecule has 2 nitrogen and oxygen atoms in total. The molecule has 0 bridgehead atoms. The van der Waals surface area contributed by atoms with Crippen LogP contribution < -0.4 is 5.32 Å². The Bertz CT molecular complexity index is 304. The third-order valence-corrected chi connectivity index (χ3v) is 1.50. The average molecular weight is 160 g/mol. The van der Waals surface area contributed by atoms with E-state index in [9.17, 15) is 4.79 Å². The fourth-order valence-electron chi connectivity index (χ4n) is 0.912. The Hall–Kier alpha value is -1.57. The van der Waals surface area contributed by atoms with Crippen LogP contribution in [0.5, 0.6) is 0 Å². The monoisotopic (exact) mass is 160 g/mol. The zero-order valence-electron chi connectivity index (χ0n) is 6.71. The van der Waals surface area contributed by atoms with E-state index in [0.717, 1.165) is 5.56 Å². The molecular weight excluding hydrogens is 150 g/mol. The molecule has 0 aliphatic rings. The topological polar surface area (TPSA) is 29.1 Å². The van der Waals surface area contributed by atoms with Crippen molar-refractivity contribution in [1.29, 1.82) is 0 Å². The Morgan fingerprint density at radius 3 is 2.67 bits per heavy atom. The molecule has 0 aromatic heterocycles. The summed E-state index contributed by atoms with van der Waals surface area (Å²) in [5.74, 6) is -0.171. The first-order valence-corrected chi connectivity index (χ1v) is 3.58. The van der Waals surface area contributed by atoms with Crippen LogP contribution >= 0.6 is 0 Å². The minimum atomic E-state index is -0.171. The van der Waals surface area contributed by atoms with E-state index in [1.807, 2.05) is 6.07 Å². The molecule has 1 aromatic carbocycles. The van der Waals surface area contributed by atoms with Crippen molar-refractivity contribution in [3.8, 4) is 0 Å². The van der Waals surface area contributed by atoms with Gasteiger partial charge in [-0.15, -0.1) is 0 Å². The molecule has 0 fully saturated rings. The molecule has 2 heteroatoms. The van der Waals surface area contributed by atoms with E-state index in [1.165, 1.54) is 6.20 Å². The number of carbonyl (C=O) groups is 1. The van der Waals surface area contributed by atoms with Crippen LogP contribution in [0.25, 0.3) is 0 Å². The van der Waals surface area contributed by atoms with E-state index in [2.05, 4.69) is 18.8 Å². The second-order valence-corrected chi connectivity index (χ2v) is 2.33. The van der Waals surface area contributed by atoms with E-state index < -0.39 is 0 Å². The van der Waals surface area contributed by atoms with Crippen LogP contribution in [0.15, 0.2) is 37.0 Å². The van der Waals surface area contributed by atoms with Crippen LogP contribution in [-0.4, -0.2) is 5.91 Å². The number of carbonyl (C=O) groups excluding carboxylic acids is 1. The highest BCUT2D eigenvalue weighted by molar-refractivity contribution is 5.96. The lowest BCUT2D eigenvalue weighted by molar-refractivity contribution is 0.0970. The Morgan fingerprint density at radius 2 is 2.08 bits per heavy atom. The first-order valence-electron chi connectivity index (χ1n) is 3.58. The van der Waals surface area contributed by atoms with Crippen molar-refractivity contribution in [1.82, 2.24) is 5.32 Å². The van der Waals surface area contributed by atoms with Gasteiger partial charge < -0.3 is 5.32 Å². The predicted molar refractivity (Wildman–Crippen MR) is 48.6 cm³/mol. The summed E-state index contributed by atoms with van der Waals surface area (Å²) >= 11 is 0. The van der Waals surface area contributed by atoms with E-state index in [-0.39, 0.29) is 5.91 Å². The second kappa shape index (κ2) is 3.72. The molecule has 0 atom stereocenters. The average Bonchev–Trinajstić information content (AvgIpc) is 2.05. The Labute approximate surface area is 71.9 Å². The molecule has 0 unspecified atom stereocenters. The van der Waals surface area contributed by atoms with Crippen molar-refractivity contribution in [3.05, 3.63) is 55.1 Å². The van der Waals surface area contributed by atoms with Gasteiger partial charge in [-0.3, -0.25) is 4.79 Å². The highest BCUT2D eigenvalue weighted by Crippen LogP contribution is 2.05. The Morgan fingerprint density at radius 1 is 1.42 bits per heavy atom. The van der Waals surface area contributed by atoms with Crippen LogP contribution in [-0.2, 0) is 0 Å². The molecule has 0 saturated heterocycles. The SMILES string of the molecule is [CH2]c1ccccc1C(=O)NC=C. The molecule has 0 heterocycles. The lowest BCUT2D eigenvalue weighted by Crippen LogP contribution is -2.17. The van der Waals surface area contributed by atoms with Crippen molar-refractivity contribution in [2.75, 3.05) is 0 Å². The van der Waals surface area contributed by atoms with Crippen LogP contribution in [0, 0.1) is 6.92 Å². The summed E-state index contributed by atoms with van der Waals surface area (Å²) in [5, 5.41) is 2.49. The zero-order chi connectivity index (χ0) is 8.97. The molecule has 1 rings (SSSR count). The first kappa shape index (κ1) is 8.53. The molecule has 61 valence electrons. The summed E-state index contributed by atoms with van der Waals surface area (Å²) in [5.41, 5.74) is 1.30. The van der Waals surface area contributed by atoms with Gasteiger partial charge in [-0.1, -0.05) is 24.8 Å². The van der Waals surface area contributed by atoms with E-state index >= 15 is 0 Å². The number of amides is 1. The van der Waals surface area contributed by atoms with Gasteiger partial charge in [0, 0.05) is 5.56 Å². The molecule has 1 aromatic rings. The maximum Gasteiger partial charge on any atom is 0.255 e. The Kier molecular flexibility index (Phi) is 2.64. The van der Waals surface area contributed by atoms with E-state index in [4.69, 9.17) is 0 Å². The van der Waals surface area contributed by atoms with Crippen LogP contribution in [0.2, 0.25) is 0 Å². The maximum absolute atomic E-state index is 11.2. The summed E-state index contributed by atoms with van der Waals surface area (Å²) in [6.45, 7) is 7.13. The lowest BCUT2D eigenvalue weighted by atomic mass is 10.1. The summed E-state index contributed by atoms with van der Waals surface area (Å²) < 4.78 is 0. The minimum absolute atomic E-state index is 0.171. The molecule has 12 heavy (non-hydrogen) atoms. The zero-order valence-corrected chi connectivity index (χ0v) is 6.71. The number of hydrogen-bond acceptors (Lipinski definition) is 1. The highest BCUT2D eigenvalue weighted by Gasteiger charge is 2.04. The van der Waals surface area contributed by atoms with Crippen LogP contribution in [0.1, 0.15) is 15.9 Å². The van der Waals surface area contributed by atoms with Crippen molar-refractivity contribution in [2.45, 2.75) is 0 Å². The largest absolute Gasteiger partial charge is 0.329 e. The Balaban J connectivity index is 2.94. The number of rotatable bonds is 2. The molecule has 0 aliphatic carbocycles. The van der Waals surface area contributed by atoms with Crippen molar-refractivity contribution in [3.63, 3.8) is 0 Å². The van der Waals surface area contributed by atoms with Crippen molar-refractivity contribution < 1.29 is 4.79 Å². The van der Waals surface area contributed by atoms with Gasteiger partial charge >= 0.3 is 0 Å². The number of hydrogen-bond donors (Lipinski definition) is 1. The van der Waals surface area contributed by atoms with Gasteiger partial charge in [0.25, 0.3) is 5.91 Å². The number of benzene rings is 1. The summed E-state index contributed by atoms with van der Waals surface area (Å²) in [7, 11) is 0. The second-order valence-electron chi connectivity index (χ2n) is 2.33. The van der Waals surface area contributed by atoms with Gasteiger partial charge in [0.2, 0.25) is 0 Å². The fraction of sp³-hybridized carbons (Fsp3) is 0. The molecule has 0 spiro atoms. The molecule has 0 saturated carbocycles. The van der Waals surface area contributed by atoms with E-state index in [0.29, 0.717) is 5.56 Å². The van der Waals surface area contributed by atoms with Crippen molar-refractivity contribution >= 4 is 5.91 Å². The smallest absolute Gasteiger partial charge is 0.255 e. The van der Waals surface area contributed by atoms with Gasteiger partial charge in [0.1, 0.15) is 0 Å². The highest BCUT2D eigenvalue weighted by atomic mass is 16.1. The van der Waals surface area contributed by atoms with Crippen LogP contribution in [0.3, 0.4) is 0 Å². The third kappa shape index (κ3) is 1.72. The standard InChI is InChI=1S/C10H10NO/c1-3-11-10(12)9-7-5-4-6-8(9)2/h3-7H,1-2H2,(H,11,12). The molecular formula is C10H10NO. The molecule has 1 radical (unpaired) electrons. The van der Waals surface area contributed by atoms with Gasteiger partial charge in [0.05, 0.1) is 0 Å². The molecule has 1 amide bonds. The summed E-state index contributed by atoms with van der Waals surface area (Å²) in [6.07, 6.45) is 1.36. The van der Waals surface area contributed by atoms with Crippen molar-refractivity contribution in [2.24, 2.45) is 0 Å². The third-order valence-electron chi connectivity index (χ3n) is 1.50. The minimum Gasteiger partial charge on any atom is -0.329 e. The molecule has 1 N–H and O–H groups in total. The van der Waals surface area contributed by atoms with Gasteiger partial charge in [-0.2, -0.15) is 0 Å². The predicted octanol–water partition coefficient (Wildman–Crippen LogP) is 1.74. The van der Waals surface area contributed by atoms with E-state index in [1.54, 1.807) is 18.2 Å². The van der Waals surface area contributed by atoms with Gasteiger partial charge in [0.15, 0.2) is 0 Å². The fourth-order valence-corrected chi connectivity index (χ4v) is 0.912. The first-order chi connectivity index (χ1) is 5.75. The quantitative estimate of drug-likeness (QED) is 0.701.